The number of phenolic OH excluding ortho intramolecular Hbond substituents is 2. The second kappa shape index (κ2) is 11.7. The highest BCUT2D eigenvalue weighted by atomic mass is 16.3. The molecule has 0 saturated heterocycles. The molecule has 4 N–H and O–H groups in total. The van der Waals surface area contributed by atoms with Gasteiger partial charge in [-0.05, 0) is 73.3 Å². The van der Waals surface area contributed by atoms with Gasteiger partial charge < -0.3 is 20.4 Å². The van der Waals surface area contributed by atoms with Gasteiger partial charge in [-0.2, -0.15) is 0 Å². The number of rotatable bonds is 8. The van der Waals surface area contributed by atoms with Gasteiger partial charge in [0.2, 0.25) is 0 Å². The highest BCUT2D eigenvalue weighted by molar-refractivity contribution is 6.20. The topological polar surface area (TPSA) is 166 Å². The standard InChI is InChI=1S/C38H52O9/c1-16(2)21(23-29(42)35(7,8)33(46)36(9,10)30(23)43)19-15-20(28(41)25(27(19)40)26(39)18(5)6)22(17(3)4)24-31(44)37(11,12)34(47)38(13,14)32(24)45/h15-18,21-22,40-42,44H,1-14H3. The third-order valence-electron chi connectivity index (χ3n) is 10.3. The molecule has 2 aliphatic rings. The van der Waals surface area contributed by atoms with E-state index in [-0.39, 0.29) is 22.3 Å². The summed E-state index contributed by atoms with van der Waals surface area (Å²) in [5.41, 5.74) is -6.43. The Bertz CT molecular complexity index is 1530. The van der Waals surface area contributed by atoms with E-state index in [1.54, 1.807) is 41.5 Å². The van der Waals surface area contributed by atoms with Crippen molar-refractivity contribution in [3.8, 4) is 11.5 Å². The second-order valence-corrected chi connectivity index (χ2v) is 16.4. The van der Waals surface area contributed by atoms with Crippen molar-refractivity contribution in [1.29, 1.82) is 0 Å². The molecule has 0 radical (unpaired) electrons. The maximum Gasteiger partial charge on any atom is 0.175 e. The van der Waals surface area contributed by atoms with Gasteiger partial charge in [0.25, 0.3) is 0 Å². The van der Waals surface area contributed by atoms with Crippen LogP contribution in [0, 0.1) is 39.4 Å². The number of hydrogen-bond acceptors (Lipinski definition) is 9. The van der Waals surface area contributed by atoms with Crippen LogP contribution in [-0.4, -0.2) is 49.3 Å². The molecule has 3 rings (SSSR count). The summed E-state index contributed by atoms with van der Waals surface area (Å²) in [6, 6.07) is 1.42. The summed E-state index contributed by atoms with van der Waals surface area (Å²) < 4.78 is 0. The SMILES string of the molecule is CC(C)C(=O)c1c(O)c(C(C2=C(O)C(C)(C)C(=O)C(C)(C)C2=O)C(C)C)cc(C(C2=C(O)C(C)(C)C(=O)C(C)(C)C2=O)C(C)C)c1O. The minimum absolute atomic E-state index is 0.0382. The Kier molecular flexibility index (Phi) is 9.42. The lowest BCUT2D eigenvalue weighted by atomic mass is 9.59. The zero-order valence-electron chi connectivity index (χ0n) is 30.3. The molecule has 0 saturated carbocycles. The third kappa shape index (κ3) is 5.43. The number of ketones is 5. The molecule has 0 bridgehead atoms. The molecule has 1 aromatic rings. The number of phenols is 2. The van der Waals surface area contributed by atoms with Crippen LogP contribution in [0.5, 0.6) is 11.5 Å². The second-order valence-electron chi connectivity index (χ2n) is 16.4. The summed E-state index contributed by atoms with van der Waals surface area (Å²) in [4.78, 5) is 68.5. The average Bonchev–Trinajstić information content (AvgIpc) is 2.95. The van der Waals surface area contributed by atoms with E-state index in [0.717, 1.165) is 0 Å². The van der Waals surface area contributed by atoms with Crippen LogP contribution in [0.2, 0.25) is 0 Å². The number of hydrogen-bond donors (Lipinski definition) is 4. The van der Waals surface area contributed by atoms with Crippen molar-refractivity contribution in [2.75, 3.05) is 0 Å². The van der Waals surface area contributed by atoms with E-state index in [0.29, 0.717) is 0 Å². The molecule has 9 heteroatoms. The molecule has 258 valence electrons. The first-order valence-corrected chi connectivity index (χ1v) is 16.3. The number of benzene rings is 1. The van der Waals surface area contributed by atoms with E-state index in [4.69, 9.17) is 0 Å². The van der Waals surface area contributed by atoms with Gasteiger partial charge in [0, 0.05) is 40.0 Å². The molecule has 0 heterocycles. The molecule has 2 aliphatic carbocycles. The lowest BCUT2D eigenvalue weighted by Gasteiger charge is -2.42. The number of aliphatic hydroxyl groups excluding tert-OH is 2. The van der Waals surface area contributed by atoms with E-state index in [9.17, 15) is 44.4 Å². The lowest BCUT2D eigenvalue weighted by Crippen LogP contribution is -2.50. The molecule has 1 aromatic carbocycles. The smallest absolute Gasteiger partial charge is 0.175 e. The Balaban J connectivity index is 2.60. The number of aromatic hydroxyl groups is 2. The summed E-state index contributed by atoms with van der Waals surface area (Å²) in [6.07, 6.45) is 0. The van der Waals surface area contributed by atoms with Crippen LogP contribution in [0.15, 0.2) is 28.7 Å². The van der Waals surface area contributed by atoms with Gasteiger partial charge >= 0.3 is 0 Å². The number of Topliss-reactive ketones (excluding diaryl/α,β-unsaturated/α-hetero) is 5. The Morgan fingerprint density at radius 1 is 0.553 bits per heavy atom. The summed E-state index contributed by atoms with van der Waals surface area (Å²) >= 11 is 0. The molecule has 47 heavy (non-hydrogen) atoms. The molecule has 0 fully saturated rings. The van der Waals surface area contributed by atoms with Crippen molar-refractivity contribution in [1.82, 2.24) is 0 Å². The Morgan fingerprint density at radius 2 is 0.851 bits per heavy atom. The maximum absolute atomic E-state index is 14.1. The fraction of sp³-hybridized carbons (Fsp3) is 0.605. The monoisotopic (exact) mass is 652 g/mol. The first kappa shape index (κ1) is 37.7. The molecular formula is C38H52O9. The molecular weight excluding hydrogens is 600 g/mol. The van der Waals surface area contributed by atoms with Crippen molar-refractivity contribution in [2.24, 2.45) is 39.4 Å². The van der Waals surface area contributed by atoms with Crippen LogP contribution in [0.1, 0.15) is 130 Å². The fourth-order valence-corrected chi connectivity index (χ4v) is 7.52. The summed E-state index contributed by atoms with van der Waals surface area (Å²) in [7, 11) is 0. The molecule has 0 amide bonds. The van der Waals surface area contributed by atoms with Gasteiger partial charge in [0.1, 0.15) is 28.6 Å². The first-order chi connectivity index (χ1) is 21.1. The van der Waals surface area contributed by atoms with Crippen LogP contribution in [0.4, 0.5) is 0 Å². The Hall–Kier alpha value is -3.75. The van der Waals surface area contributed by atoms with E-state index in [1.807, 2.05) is 0 Å². The summed E-state index contributed by atoms with van der Waals surface area (Å²) in [5, 5.41) is 46.8. The molecule has 2 atom stereocenters. The van der Waals surface area contributed by atoms with Gasteiger partial charge in [0.05, 0.1) is 21.7 Å². The highest BCUT2D eigenvalue weighted by Gasteiger charge is 2.57. The van der Waals surface area contributed by atoms with E-state index in [2.05, 4.69) is 0 Å². The van der Waals surface area contributed by atoms with E-state index in [1.165, 1.54) is 61.5 Å². The number of aliphatic hydroxyl groups is 2. The minimum Gasteiger partial charge on any atom is -0.511 e. The van der Waals surface area contributed by atoms with Crippen LogP contribution >= 0.6 is 0 Å². The van der Waals surface area contributed by atoms with Crippen LogP contribution in [0.25, 0.3) is 0 Å². The van der Waals surface area contributed by atoms with Gasteiger partial charge in [0.15, 0.2) is 28.9 Å². The van der Waals surface area contributed by atoms with Crippen molar-refractivity contribution in [3.63, 3.8) is 0 Å². The molecule has 0 spiro atoms. The van der Waals surface area contributed by atoms with Crippen molar-refractivity contribution < 1.29 is 44.4 Å². The van der Waals surface area contributed by atoms with Gasteiger partial charge in [-0.3, -0.25) is 24.0 Å². The third-order valence-corrected chi connectivity index (χ3v) is 10.3. The van der Waals surface area contributed by atoms with Crippen LogP contribution in [0.3, 0.4) is 0 Å². The fourth-order valence-electron chi connectivity index (χ4n) is 7.52. The molecule has 0 aromatic heterocycles. The lowest BCUT2D eigenvalue weighted by molar-refractivity contribution is -0.146. The Labute approximate surface area is 278 Å². The predicted octanol–water partition coefficient (Wildman–Crippen LogP) is 7.45. The maximum atomic E-state index is 14.1. The van der Waals surface area contributed by atoms with E-state index >= 15 is 0 Å². The zero-order valence-corrected chi connectivity index (χ0v) is 30.3. The molecule has 2 unspecified atom stereocenters. The normalized spacial score (nSPS) is 22.1. The molecule has 9 nitrogen and oxygen atoms in total. The minimum atomic E-state index is -1.51. The van der Waals surface area contributed by atoms with Gasteiger partial charge in [-0.25, -0.2) is 0 Å². The largest absolute Gasteiger partial charge is 0.511 e. The van der Waals surface area contributed by atoms with Crippen LogP contribution in [-0.2, 0) is 19.2 Å². The van der Waals surface area contributed by atoms with E-state index < -0.39 is 109 Å². The summed E-state index contributed by atoms with van der Waals surface area (Å²) in [5.74, 6) is -8.65. The van der Waals surface area contributed by atoms with Gasteiger partial charge in [-0.15, -0.1) is 0 Å². The highest BCUT2D eigenvalue weighted by Crippen LogP contribution is 2.55. The predicted molar refractivity (Wildman–Crippen MR) is 179 cm³/mol. The quantitative estimate of drug-likeness (QED) is 0.165. The number of allylic oxidation sites excluding steroid dienone is 4. The molecule has 0 aliphatic heterocycles. The van der Waals surface area contributed by atoms with Crippen LogP contribution < -0.4 is 0 Å². The van der Waals surface area contributed by atoms with Crippen molar-refractivity contribution in [3.05, 3.63) is 45.4 Å². The van der Waals surface area contributed by atoms with Gasteiger partial charge in [-0.1, -0.05) is 41.5 Å². The number of carbonyl (C=O) groups excluding carboxylic acids is 5. The Morgan fingerprint density at radius 3 is 1.11 bits per heavy atom. The zero-order chi connectivity index (χ0) is 36.7. The average molecular weight is 653 g/mol. The van der Waals surface area contributed by atoms with Crippen molar-refractivity contribution in [2.45, 2.75) is 109 Å². The van der Waals surface area contributed by atoms with Crippen molar-refractivity contribution >= 4 is 28.9 Å². The number of carbonyl (C=O) groups is 5. The summed E-state index contributed by atoms with van der Waals surface area (Å²) in [6.45, 7) is 22.3. The first-order valence-electron chi connectivity index (χ1n) is 16.3.